The smallest absolute Gasteiger partial charge is 0.145 e. The van der Waals surface area contributed by atoms with Crippen LogP contribution in [0, 0.1) is 5.92 Å². The quantitative estimate of drug-likeness (QED) is 0.727. The van der Waals surface area contributed by atoms with Crippen molar-refractivity contribution < 1.29 is 14.9 Å². The van der Waals surface area contributed by atoms with Gasteiger partial charge in [-0.05, 0) is 48.9 Å². The molecule has 28 heavy (non-hydrogen) atoms. The maximum absolute atomic E-state index is 10.7. The van der Waals surface area contributed by atoms with Gasteiger partial charge in [-0.15, -0.1) is 0 Å². The molecule has 2 N–H and O–H groups in total. The zero-order valence-electron chi connectivity index (χ0n) is 15.3. The van der Waals surface area contributed by atoms with Crippen LogP contribution >= 0.6 is 0 Å². The molecule has 7 heteroatoms. The van der Waals surface area contributed by atoms with Crippen LogP contribution in [-0.4, -0.2) is 49.8 Å². The maximum atomic E-state index is 10.7. The van der Waals surface area contributed by atoms with Gasteiger partial charge in [-0.1, -0.05) is 6.07 Å². The number of aromatic nitrogens is 3. The van der Waals surface area contributed by atoms with Gasteiger partial charge >= 0.3 is 0 Å². The van der Waals surface area contributed by atoms with Crippen molar-refractivity contribution >= 4 is 22.9 Å². The SMILES string of the molecule is O[C@@H]1[C@@H](CCc2ccc3c(c2)N=CCO3)C[C@@H](n2ccc3cncnc32)[C@@H]1O. The second kappa shape index (κ2) is 7.00. The number of aryl methyl sites for hydroxylation is 1. The van der Waals surface area contributed by atoms with Gasteiger partial charge in [0, 0.05) is 24.0 Å². The average Bonchev–Trinajstić information content (AvgIpc) is 3.28. The molecular formula is C21H22N4O3. The number of ether oxygens (including phenoxy) is 1. The maximum Gasteiger partial charge on any atom is 0.145 e. The predicted molar refractivity (Wildman–Crippen MR) is 105 cm³/mol. The summed E-state index contributed by atoms with van der Waals surface area (Å²) in [7, 11) is 0. The molecule has 2 aliphatic rings. The summed E-state index contributed by atoms with van der Waals surface area (Å²) in [6.45, 7) is 0.513. The van der Waals surface area contributed by atoms with Crippen LogP contribution in [0.4, 0.5) is 5.69 Å². The molecule has 0 amide bonds. The van der Waals surface area contributed by atoms with Crippen LogP contribution in [0.25, 0.3) is 11.0 Å². The molecule has 1 saturated carbocycles. The number of fused-ring (bicyclic) bond motifs is 2. The van der Waals surface area contributed by atoms with E-state index in [9.17, 15) is 10.2 Å². The third-order valence-corrected chi connectivity index (χ3v) is 5.88. The lowest BCUT2D eigenvalue weighted by Crippen LogP contribution is -2.29. The largest absolute Gasteiger partial charge is 0.486 e. The summed E-state index contributed by atoms with van der Waals surface area (Å²) >= 11 is 0. The van der Waals surface area contributed by atoms with Gasteiger partial charge in [-0.3, -0.25) is 4.99 Å². The second-order valence-electron chi connectivity index (χ2n) is 7.53. The number of aliphatic imine (C=N–C) groups is 1. The van der Waals surface area contributed by atoms with E-state index in [1.807, 2.05) is 35.0 Å². The molecule has 2 aromatic heterocycles. The first kappa shape index (κ1) is 17.3. The van der Waals surface area contributed by atoms with Gasteiger partial charge in [0.05, 0.1) is 12.1 Å². The lowest BCUT2D eigenvalue weighted by molar-refractivity contribution is 0.00545. The Balaban J connectivity index is 1.31. The third kappa shape index (κ3) is 2.96. The summed E-state index contributed by atoms with van der Waals surface area (Å²) in [6.07, 6.45) is 7.72. The number of nitrogens with zero attached hydrogens (tertiary/aromatic N) is 4. The molecule has 0 unspecified atom stereocenters. The van der Waals surface area contributed by atoms with Crippen LogP contribution in [0.15, 0.2) is 48.0 Å². The molecule has 1 aliphatic carbocycles. The van der Waals surface area contributed by atoms with Crippen molar-refractivity contribution in [3.63, 3.8) is 0 Å². The van der Waals surface area contributed by atoms with Crippen LogP contribution in [0.5, 0.6) is 5.75 Å². The van der Waals surface area contributed by atoms with Crippen molar-refractivity contribution in [2.24, 2.45) is 10.9 Å². The van der Waals surface area contributed by atoms with Gasteiger partial charge in [-0.25, -0.2) is 9.97 Å². The lowest BCUT2D eigenvalue weighted by atomic mass is 9.96. The zero-order chi connectivity index (χ0) is 19.1. The minimum absolute atomic E-state index is 0.0232. The highest BCUT2D eigenvalue weighted by molar-refractivity contribution is 5.75. The summed E-state index contributed by atoms with van der Waals surface area (Å²) in [4.78, 5) is 12.8. The first-order chi connectivity index (χ1) is 13.7. The fourth-order valence-corrected chi connectivity index (χ4v) is 4.38. The summed E-state index contributed by atoms with van der Waals surface area (Å²) in [5.41, 5.74) is 2.80. The highest BCUT2D eigenvalue weighted by atomic mass is 16.5. The Hall–Kier alpha value is -2.77. The highest BCUT2D eigenvalue weighted by Crippen LogP contribution is 2.39. The summed E-state index contributed by atoms with van der Waals surface area (Å²) in [5, 5.41) is 22.2. The first-order valence-electron chi connectivity index (χ1n) is 9.61. The first-order valence-corrected chi connectivity index (χ1v) is 9.61. The molecule has 3 aromatic rings. The highest BCUT2D eigenvalue weighted by Gasteiger charge is 2.42. The fourth-order valence-electron chi connectivity index (χ4n) is 4.38. The number of hydrogen-bond donors (Lipinski definition) is 2. The van der Waals surface area contributed by atoms with Crippen molar-refractivity contribution in [2.75, 3.05) is 6.61 Å². The Kier molecular flexibility index (Phi) is 4.33. The minimum atomic E-state index is -0.808. The van der Waals surface area contributed by atoms with E-state index >= 15 is 0 Å². The van der Waals surface area contributed by atoms with Gasteiger partial charge in [0.25, 0.3) is 0 Å². The van der Waals surface area contributed by atoms with Crippen LogP contribution in [0.2, 0.25) is 0 Å². The standard InChI is InChI=1S/C21H22N4O3/c26-19-14(3-1-13-2-4-18-16(9-13)23-6-8-28-18)10-17(20(19)27)25-7-5-15-11-22-12-24-21(15)25/h2,4-7,9,11-12,14,17,19-20,26-27H,1,3,8,10H2/t14-,17+,19+,20-/m0/s1. The van der Waals surface area contributed by atoms with E-state index in [0.717, 1.165) is 40.9 Å². The number of rotatable bonds is 4. The van der Waals surface area contributed by atoms with Gasteiger partial charge in [0.1, 0.15) is 36.1 Å². The molecule has 0 spiro atoms. The van der Waals surface area contributed by atoms with E-state index in [2.05, 4.69) is 15.0 Å². The van der Waals surface area contributed by atoms with Crippen molar-refractivity contribution in [3.8, 4) is 5.75 Å². The molecule has 1 fully saturated rings. The molecule has 7 nitrogen and oxygen atoms in total. The van der Waals surface area contributed by atoms with Crippen molar-refractivity contribution in [1.29, 1.82) is 0 Å². The molecule has 1 aromatic carbocycles. The fraction of sp³-hybridized carbons (Fsp3) is 0.381. The van der Waals surface area contributed by atoms with E-state index in [1.165, 1.54) is 6.33 Å². The number of benzene rings is 1. The van der Waals surface area contributed by atoms with Gasteiger partial charge in [-0.2, -0.15) is 0 Å². The average molecular weight is 378 g/mol. The van der Waals surface area contributed by atoms with Crippen LogP contribution < -0.4 is 4.74 Å². The Morgan fingerprint density at radius 3 is 3.04 bits per heavy atom. The molecule has 3 heterocycles. The topological polar surface area (TPSA) is 92.8 Å². The van der Waals surface area contributed by atoms with Crippen LogP contribution in [0.3, 0.4) is 0 Å². The van der Waals surface area contributed by atoms with Crippen molar-refractivity contribution in [1.82, 2.24) is 14.5 Å². The Bertz CT molecular complexity index is 1030. The van der Waals surface area contributed by atoms with Gasteiger partial charge in [0.2, 0.25) is 0 Å². The number of hydrogen-bond acceptors (Lipinski definition) is 6. The zero-order valence-corrected chi connectivity index (χ0v) is 15.3. The van der Waals surface area contributed by atoms with E-state index in [-0.39, 0.29) is 12.0 Å². The Morgan fingerprint density at radius 2 is 2.11 bits per heavy atom. The van der Waals surface area contributed by atoms with Crippen LogP contribution in [-0.2, 0) is 6.42 Å². The molecule has 0 bridgehead atoms. The second-order valence-corrected chi connectivity index (χ2v) is 7.53. The Labute approximate surface area is 162 Å². The van der Waals surface area contributed by atoms with E-state index in [1.54, 1.807) is 12.4 Å². The van der Waals surface area contributed by atoms with E-state index in [0.29, 0.717) is 13.0 Å². The third-order valence-electron chi connectivity index (χ3n) is 5.88. The molecule has 0 radical (unpaired) electrons. The monoisotopic (exact) mass is 378 g/mol. The molecule has 4 atom stereocenters. The molecular weight excluding hydrogens is 356 g/mol. The Morgan fingerprint density at radius 1 is 1.18 bits per heavy atom. The number of aliphatic hydroxyl groups is 2. The summed E-state index contributed by atoms with van der Waals surface area (Å²) < 4.78 is 7.51. The van der Waals surface area contributed by atoms with Crippen molar-refractivity contribution in [2.45, 2.75) is 37.5 Å². The van der Waals surface area contributed by atoms with Gasteiger partial charge < -0.3 is 19.5 Å². The summed E-state index contributed by atoms with van der Waals surface area (Å²) in [5.74, 6) is 0.833. The molecule has 0 saturated heterocycles. The van der Waals surface area contributed by atoms with Crippen molar-refractivity contribution in [3.05, 3.63) is 48.5 Å². The van der Waals surface area contributed by atoms with E-state index in [4.69, 9.17) is 4.74 Å². The number of aliphatic hydroxyl groups excluding tert-OH is 2. The molecule has 144 valence electrons. The minimum Gasteiger partial charge on any atom is -0.486 e. The lowest BCUT2D eigenvalue weighted by Gasteiger charge is -2.19. The molecule has 5 rings (SSSR count). The molecule has 1 aliphatic heterocycles. The van der Waals surface area contributed by atoms with E-state index < -0.39 is 12.2 Å². The normalized spacial score (nSPS) is 26.4. The summed E-state index contributed by atoms with van der Waals surface area (Å²) in [6, 6.07) is 7.79. The van der Waals surface area contributed by atoms with Crippen LogP contribution in [0.1, 0.15) is 24.4 Å². The van der Waals surface area contributed by atoms with Gasteiger partial charge in [0.15, 0.2) is 0 Å². The predicted octanol–water partition coefficient (Wildman–Crippen LogP) is 2.44.